The first-order valence-electron chi connectivity index (χ1n) is 7.83. The molecule has 2 aliphatic rings. The van der Waals surface area contributed by atoms with Gasteiger partial charge in [0.2, 0.25) is 5.91 Å². The number of benzene rings is 1. The zero-order valence-corrected chi connectivity index (χ0v) is 14.0. The quantitative estimate of drug-likeness (QED) is 0.858. The maximum Gasteiger partial charge on any atom is 0.229 e. The summed E-state index contributed by atoms with van der Waals surface area (Å²) >= 11 is 1.98. The second-order valence-electron chi connectivity index (χ2n) is 5.95. The van der Waals surface area contributed by atoms with Crippen molar-refractivity contribution in [3.8, 4) is 11.5 Å². The number of fused-ring (bicyclic) bond motifs is 1. The highest BCUT2D eigenvalue weighted by Crippen LogP contribution is 2.36. The summed E-state index contributed by atoms with van der Waals surface area (Å²) in [5, 5.41) is 0. The van der Waals surface area contributed by atoms with Gasteiger partial charge in [-0.2, -0.15) is 11.8 Å². The van der Waals surface area contributed by atoms with E-state index in [1.165, 1.54) is 0 Å². The summed E-state index contributed by atoms with van der Waals surface area (Å²) in [5.41, 5.74) is 1.07. The molecule has 0 aromatic heterocycles. The van der Waals surface area contributed by atoms with Gasteiger partial charge in [0, 0.05) is 13.1 Å². The van der Waals surface area contributed by atoms with Crippen LogP contribution in [-0.2, 0) is 11.2 Å². The van der Waals surface area contributed by atoms with Crippen LogP contribution < -0.4 is 9.47 Å². The number of thioether (sulfide) groups is 1. The Hall–Kier alpha value is -1.36. The number of carbonyl (C=O) groups is 1. The Labute approximate surface area is 136 Å². The van der Waals surface area contributed by atoms with E-state index < -0.39 is 0 Å². The molecule has 1 aromatic rings. The molecular formula is C17H23NO3S. The standard InChI is InChI=1S/C17H23NO3S/c1-18(14-6-8-22-9-7-14)17(19)13-10-12-4-3-5-15(20-2)16(12)21-11-13/h3-5,13-14H,6-11H2,1-2H3/t13-/m1/s1. The van der Waals surface area contributed by atoms with Crippen LogP contribution in [0, 0.1) is 5.92 Å². The average molecular weight is 321 g/mol. The third-order valence-corrected chi connectivity index (χ3v) is 5.66. The number of methoxy groups -OCH3 is 1. The Morgan fingerprint density at radius 3 is 2.86 bits per heavy atom. The number of rotatable bonds is 3. The van der Waals surface area contributed by atoms with Crippen molar-refractivity contribution < 1.29 is 14.3 Å². The van der Waals surface area contributed by atoms with Crippen molar-refractivity contribution in [2.24, 2.45) is 5.92 Å². The van der Waals surface area contributed by atoms with Crippen molar-refractivity contribution in [2.45, 2.75) is 25.3 Å². The molecule has 22 heavy (non-hydrogen) atoms. The summed E-state index contributed by atoms with van der Waals surface area (Å²) in [6.07, 6.45) is 2.94. The molecule has 0 bridgehead atoms. The van der Waals surface area contributed by atoms with Gasteiger partial charge in [0.05, 0.1) is 13.0 Å². The van der Waals surface area contributed by atoms with Crippen LogP contribution in [0.25, 0.3) is 0 Å². The molecule has 1 fully saturated rings. The summed E-state index contributed by atoms with van der Waals surface area (Å²) in [5.74, 6) is 3.99. The fourth-order valence-corrected chi connectivity index (χ4v) is 4.34. The molecule has 1 aromatic carbocycles. The lowest BCUT2D eigenvalue weighted by Gasteiger charge is -2.35. The first-order chi connectivity index (χ1) is 10.7. The van der Waals surface area contributed by atoms with Gasteiger partial charge in [-0.15, -0.1) is 0 Å². The van der Waals surface area contributed by atoms with Crippen molar-refractivity contribution in [2.75, 3.05) is 32.3 Å². The predicted molar refractivity (Wildman–Crippen MR) is 88.8 cm³/mol. The second kappa shape index (κ2) is 6.82. The zero-order chi connectivity index (χ0) is 15.5. The maximum absolute atomic E-state index is 12.8. The lowest BCUT2D eigenvalue weighted by molar-refractivity contribution is -0.137. The number of ether oxygens (including phenoxy) is 2. The Morgan fingerprint density at radius 1 is 1.36 bits per heavy atom. The highest BCUT2D eigenvalue weighted by Gasteiger charge is 2.32. The van der Waals surface area contributed by atoms with E-state index in [-0.39, 0.29) is 11.8 Å². The maximum atomic E-state index is 12.8. The number of carbonyl (C=O) groups excluding carboxylic acids is 1. The van der Waals surface area contributed by atoms with Gasteiger partial charge in [0.25, 0.3) is 0 Å². The van der Waals surface area contributed by atoms with Crippen LogP contribution >= 0.6 is 11.8 Å². The summed E-state index contributed by atoms with van der Waals surface area (Å²) in [6.45, 7) is 0.442. The number of nitrogens with zero attached hydrogens (tertiary/aromatic N) is 1. The SMILES string of the molecule is COc1cccc2c1OC[C@H](C(=O)N(C)C1CCSCC1)C2. The van der Waals surface area contributed by atoms with E-state index in [0.717, 1.165) is 47.8 Å². The molecule has 0 N–H and O–H groups in total. The molecule has 0 radical (unpaired) electrons. The smallest absolute Gasteiger partial charge is 0.229 e. The Morgan fingerprint density at radius 2 is 2.14 bits per heavy atom. The minimum Gasteiger partial charge on any atom is -0.493 e. The third kappa shape index (κ3) is 3.05. The fraction of sp³-hybridized carbons (Fsp3) is 0.588. The van der Waals surface area contributed by atoms with Crippen LogP contribution in [0.15, 0.2) is 18.2 Å². The van der Waals surface area contributed by atoms with Crippen molar-refractivity contribution in [3.05, 3.63) is 23.8 Å². The van der Waals surface area contributed by atoms with E-state index in [0.29, 0.717) is 12.6 Å². The van der Waals surface area contributed by atoms with Gasteiger partial charge >= 0.3 is 0 Å². The highest BCUT2D eigenvalue weighted by molar-refractivity contribution is 7.99. The van der Waals surface area contributed by atoms with E-state index in [4.69, 9.17) is 9.47 Å². The molecule has 120 valence electrons. The van der Waals surface area contributed by atoms with Gasteiger partial charge < -0.3 is 14.4 Å². The predicted octanol–water partition coefficient (Wildman–Crippen LogP) is 2.60. The molecule has 2 heterocycles. The van der Waals surface area contributed by atoms with Crippen molar-refractivity contribution in [1.29, 1.82) is 0 Å². The van der Waals surface area contributed by atoms with Gasteiger partial charge in [0.15, 0.2) is 11.5 Å². The Bertz CT molecular complexity index is 543. The normalized spacial score (nSPS) is 21.6. The molecule has 1 atom stereocenters. The van der Waals surface area contributed by atoms with Crippen LogP contribution in [0.3, 0.4) is 0 Å². The topological polar surface area (TPSA) is 38.8 Å². The molecule has 5 heteroatoms. The highest BCUT2D eigenvalue weighted by atomic mass is 32.2. The monoisotopic (exact) mass is 321 g/mol. The number of amides is 1. The lowest BCUT2D eigenvalue weighted by Crippen LogP contribution is -2.45. The van der Waals surface area contributed by atoms with E-state index in [2.05, 4.69) is 0 Å². The van der Waals surface area contributed by atoms with Crippen LogP contribution in [0.2, 0.25) is 0 Å². The number of hydrogen-bond donors (Lipinski definition) is 0. The Kier molecular flexibility index (Phi) is 4.81. The third-order valence-electron chi connectivity index (χ3n) is 4.61. The van der Waals surface area contributed by atoms with E-state index in [1.54, 1.807) is 7.11 Å². The van der Waals surface area contributed by atoms with E-state index in [9.17, 15) is 4.79 Å². The molecule has 4 nitrogen and oxygen atoms in total. The van der Waals surface area contributed by atoms with Crippen LogP contribution in [0.5, 0.6) is 11.5 Å². The van der Waals surface area contributed by atoms with Gasteiger partial charge in [-0.1, -0.05) is 12.1 Å². The summed E-state index contributed by atoms with van der Waals surface area (Å²) in [6, 6.07) is 6.26. The fourth-order valence-electron chi connectivity index (χ4n) is 3.25. The van der Waals surface area contributed by atoms with Crippen molar-refractivity contribution in [1.82, 2.24) is 4.90 Å². The zero-order valence-electron chi connectivity index (χ0n) is 13.2. The number of hydrogen-bond acceptors (Lipinski definition) is 4. The minimum atomic E-state index is -0.0841. The van der Waals surface area contributed by atoms with Crippen LogP contribution in [-0.4, -0.2) is 49.1 Å². The second-order valence-corrected chi connectivity index (χ2v) is 7.18. The molecule has 1 amide bonds. The summed E-state index contributed by atoms with van der Waals surface area (Å²) in [4.78, 5) is 14.7. The van der Waals surface area contributed by atoms with Gasteiger partial charge in [-0.25, -0.2) is 0 Å². The molecule has 0 aliphatic carbocycles. The molecule has 0 spiro atoms. The summed E-state index contributed by atoms with van der Waals surface area (Å²) in [7, 11) is 3.59. The average Bonchev–Trinajstić information content (AvgIpc) is 2.60. The van der Waals surface area contributed by atoms with E-state index in [1.807, 2.05) is 41.9 Å². The lowest BCUT2D eigenvalue weighted by atomic mass is 9.94. The largest absolute Gasteiger partial charge is 0.493 e. The molecule has 1 saturated heterocycles. The van der Waals surface area contributed by atoms with Gasteiger partial charge in [-0.05, 0) is 42.4 Å². The van der Waals surface area contributed by atoms with Gasteiger partial charge in [0.1, 0.15) is 6.61 Å². The van der Waals surface area contributed by atoms with Gasteiger partial charge in [-0.3, -0.25) is 4.79 Å². The van der Waals surface area contributed by atoms with Crippen LogP contribution in [0.4, 0.5) is 0 Å². The first-order valence-corrected chi connectivity index (χ1v) is 8.99. The van der Waals surface area contributed by atoms with Crippen LogP contribution in [0.1, 0.15) is 18.4 Å². The number of para-hydroxylation sites is 1. The molecular weight excluding hydrogens is 298 g/mol. The Balaban J connectivity index is 1.69. The molecule has 2 aliphatic heterocycles. The molecule has 3 rings (SSSR count). The summed E-state index contributed by atoms with van der Waals surface area (Å²) < 4.78 is 11.2. The first kappa shape index (κ1) is 15.5. The molecule has 0 saturated carbocycles. The van der Waals surface area contributed by atoms with Crippen molar-refractivity contribution in [3.63, 3.8) is 0 Å². The minimum absolute atomic E-state index is 0.0841. The van der Waals surface area contributed by atoms with Crippen molar-refractivity contribution >= 4 is 17.7 Å². The molecule has 0 unspecified atom stereocenters. The van der Waals surface area contributed by atoms with E-state index >= 15 is 0 Å².